The highest BCUT2D eigenvalue weighted by Crippen LogP contribution is 2.52. The number of carbonyl (C=O) groups is 2. The second kappa shape index (κ2) is 6.02. The fourth-order valence-electron chi connectivity index (χ4n) is 5.28. The molecule has 0 spiro atoms. The number of ketones is 2. The quantitative estimate of drug-likeness (QED) is 0.459. The Kier molecular flexibility index (Phi) is 3.42. The molecule has 3 nitrogen and oxygen atoms in total. The lowest BCUT2D eigenvalue weighted by atomic mass is 9.71. The van der Waals surface area contributed by atoms with Gasteiger partial charge in [0.1, 0.15) is 0 Å². The number of allylic oxidation sites excluding steroid dienone is 2. The molecular formula is C26H19NO2. The van der Waals surface area contributed by atoms with Crippen LogP contribution in [0.4, 0.5) is 5.69 Å². The van der Waals surface area contributed by atoms with Crippen LogP contribution in [0.25, 0.3) is 0 Å². The maximum Gasteiger partial charge on any atom is 0.194 e. The number of benzene rings is 3. The SMILES string of the molecule is O=C1c2ccccc2C(=O)c2c1ccc1c2[C@@H]2C=CC[C@@H]2[C@H](c2ccccc2)N1. The molecule has 2 aliphatic carbocycles. The van der Waals surface area contributed by atoms with Crippen molar-refractivity contribution in [3.05, 3.63) is 112 Å². The molecule has 3 aromatic carbocycles. The van der Waals surface area contributed by atoms with Gasteiger partial charge in [0.15, 0.2) is 11.6 Å². The van der Waals surface area contributed by atoms with Crippen LogP contribution < -0.4 is 5.32 Å². The molecule has 3 aromatic rings. The Morgan fingerprint density at radius 2 is 1.48 bits per heavy atom. The molecule has 1 N–H and O–H groups in total. The number of hydrogen-bond donors (Lipinski definition) is 1. The highest BCUT2D eigenvalue weighted by Gasteiger charge is 2.42. The van der Waals surface area contributed by atoms with Crippen molar-refractivity contribution < 1.29 is 9.59 Å². The predicted molar refractivity (Wildman–Crippen MR) is 113 cm³/mol. The number of anilines is 1. The number of carbonyl (C=O) groups excluding carboxylic acids is 2. The van der Waals surface area contributed by atoms with E-state index in [-0.39, 0.29) is 23.5 Å². The van der Waals surface area contributed by atoms with Gasteiger partial charge < -0.3 is 5.32 Å². The molecule has 29 heavy (non-hydrogen) atoms. The standard InChI is InChI=1S/C26H19NO2/c28-25-18-9-4-5-10-19(18)26(29)23-20(25)13-14-21-22(23)16-11-6-12-17(16)24(27-21)15-7-2-1-3-8-15/h1-11,13-14,16-17,24,27H,12H2/t16-,17+,24+/m1/s1. The van der Waals surface area contributed by atoms with Crippen LogP contribution in [-0.4, -0.2) is 11.6 Å². The summed E-state index contributed by atoms with van der Waals surface area (Å²) in [6.07, 6.45) is 5.39. The molecule has 1 heterocycles. The van der Waals surface area contributed by atoms with E-state index in [0.29, 0.717) is 28.2 Å². The topological polar surface area (TPSA) is 46.2 Å². The van der Waals surface area contributed by atoms with Gasteiger partial charge >= 0.3 is 0 Å². The van der Waals surface area contributed by atoms with Crippen molar-refractivity contribution in [2.75, 3.05) is 5.32 Å². The number of fused-ring (bicyclic) bond motifs is 6. The third-order valence-electron chi connectivity index (χ3n) is 6.58. The van der Waals surface area contributed by atoms with Gasteiger partial charge in [-0.3, -0.25) is 9.59 Å². The highest BCUT2D eigenvalue weighted by atomic mass is 16.1. The first-order valence-electron chi connectivity index (χ1n) is 10.1. The molecule has 0 saturated heterocycles. The Bertz CT molecular complexity index is 1210. The first kappa shape index (κ1) is 16.5. The van der Waals surface area contributed by atoms with Gasteiger partial charge in [-0.05, 0) is 35.6 Å². The van der Waals surface area contributed by atoms with Gasteiger partial charge in [0.05, 0.1) is 6.04 Å². The van der Waals surface area contributed by atoms with Crippen molar-refractivity contribution >= 4 is 17.3 Å². The van der Waals surface area contributed by atoms with E-state index in [4.69, 9.17) is 0 Å². The first-order valence-corrected chi connectivity index (χ1v) is 10.1. The normalized spacial score (nSPS) is 23.7. The summed E-state index contributed by atoms with van der Waals surface area (Å²) < 4.78 is 0. The average Bonchev–Trinajstić information content (AvgIpc) is 3.27. The Hall–Kier alpha value is -3.46. The molecule has 3 heteroatoms. The van der Waals surface area contributed by atoms with E-state index in [1.54, 1.807) is 12.1 Å². The van der Waals surface area contributed by atoms with Crippen LogP contribution >= 0.6 is 0 Å². The van der Waals surface area contributed by atoms with Crippen molar-refractivity contribution in [2.45, 2.75) is 18.4 Å². The van der Waals surface area contributed by atoms with Crippen LogP contribution in [-0.2, 0) is 0 Å². The van der Waals surface area contributed by atoms with Crippen LogP contribution in [0.15, 0.2) is 78.9 Å². The molecular weight excluding hydrogens is 358 g/mol. The highest BCUT2D eigenvalue weighted by molar-refractivity contribution is 6.29. The van der Waals surface area contributed by atoms with E-state index >= 15 is 0 Å². The van der Waals surface area contributed by atoms with Gasteiger partial charge in [-0.2, -0.15) is 0 Å². The van der Waals surface area contributed by atoms with E-state index < -0.39 is 0 Å². The largest absolute Gasteiger partial charge is 0.378 e. The lowest BCUT2D eigenvalue weighted by Crippen LogP contribution is -2.32. The predicted octanol–water partition coefficient (Wildman–Crippen LogP) is 5.29. The van der Waals surface area contributed by atoms with Gasteiger partial charge in [-0.25, -0.2) is 0 Å². The minimum Gasteiger partial charge on any atom is -0.378 e. The van der Waals surface area contributed by atoms with Gasteiger partial charge in [0, 0.05) is 33.9 Å². The van der Waals surface area contributed by atoms with Crippen LogP contribution in [0.2, 0.25) is 0 Å². The Balaban J connectivity index is 1.55. The van der Waals surface area contributed by atoms with E-state index in [1.165, 1.54) is 5.56 Å². The van der Waals surface area contributed by atoms with Crippen LogP contribution in [0, 0.1) is 5.92 Å². The molecule has 0 bridgehead atoms. The first-order chi connectivity index (χ1) is 14.2. The summed E-state index contributed by atoms with van der Waals surface area (Å²) in [5, 5.41) is 3.69. The minimum atomic E-state index is -0.0540. The summed E-state index contributed by atoms with van der Waals surface area (Å²) in [4.78, 5) is 26.6. The maximum absolute atomic E-state index is 13.5. The van der Waals surface area contributed by atoms with Crippen molar-refractivity contribution in [1.82, 2.24) is 0 Å². The zero-order chi connectivity index (χ0) is 19.5. The third-order valence-corrected chi connectivity index (χ3v) is 6.58. The molecule has 1 aliphatic heterocycles. The second-order valence-electron chi connectivity index (χ2n) is 8.04. The van der Waals surface area contributed by atoms with Crippen molar-refractivity contribution in [1.29, 1.82) is 0 Å². The lowest BCUT2D eigenvalue weighted by molar-refractivity contribution is 0.0978. The molecule has 0 fully saturated rings. The molecule has 0 saturated carbocycles. The average molecular weight is 377 g/mol. The maximum atomic E-state index is 13.5. The number of rotatable bonds is 1. The van der Waals surface area contributed by atoms with E-state index in [1.807, 2.05) is 30.3 Å². The molecule has 140 valence electrons. The fourth-order valence-corrected chi connectivity index (χ4v) is 5.28. The van der Waals surface area contributed by atoms with Crippen molar-refractivity contribution in [2.24, 2.45) is 5.92 Å². The van der Waals surface area contributed by atoms with E-state index in [0.717, 1.165) is 17.7 Å². The van der Waals surface area contributed by atoms with Gasteiger partial charge in [0.2, 0.25) is 0 Å². The number of hydrogen-bond acceptors (Lipinski definition) is 3. The van der Waals surface area contributed by atoms with Crippen molar-refractivity contribution in [3.8, 4) is 0 Å². The Morgan fingerprint density at radius 3 is 2.28 bits per heavy atom. The molecule has 3 aliphatic rings. The summed E-state index contributed by atoms with van der Waals surface area (Å²) in [7, 11) is 0. The van der Waals surface area contributed by atoms with Gasteiger partial charge in [-0.1, -0.05) is 66.7 Å². The van der Waals surface area contributed by atoms with Crippen LogP contribution in [0.1, 0.15) is 61.4 Å². The molecule has 0 amide bonds. The molecule has 0 aromatic heterocycles. The molecule has 0 radical (unpaired) electrons. The van der Waals surface area contributed by atoms with Crippen LogP contribution in [0.3, 0.4) is 0 Å². The number of nitrogens with one attached hydrogen (secondary N) is 1. The summed E-state index contributed by atoms with van der Waals surface area (Å²) in [5.41, 5.74) is 5.35. The summed E-state index contributed by atoms with van der Waals surface area (Å²) in [6, 6.07) is 21.6. The van der Waals surface area contributed by atoms with E-state index in [2.05, 4.69) is 41.7 Å². The molecule has 0 unspecified atom stereocenters. The zero-order valence-electron chi connectivity index (χ0n) is 15.8. The second-order valence-corrected chi connectivity index (χ2v) is 8.04. The minimum absolute atomic E-state index is 0.0361. The third kappa shape index (κ3) is 2.24. The Morgan fingerprint density at radius 1 is 0.759 bits per heavy atom. The van der Waals surface area contributed by atoms with E-state index in [9.17, 15) is 9.59 Å². The van der Waals surface area contributed by atoms with Crippen LogP contribution in [0.5, 0.6) is 0 Å². The Labute approximate surface area is 169 Å². The van der Waals surface area contributed by atoms with Gasteiger partial charge in [-0.15, -0.1) is 0 Å². The summed E-state index contributed by atoms with van der Waals surface area (Å²) in [5.74, 6) is 0.373. The summed E-state index contributed by atoms with van der Waals surface area (Å²) in [6.45, 7) is 0. The summed E-state index contributed by atoms with van der Waals surface area (Å²) >= 11 is 0. The van der Waals surface area contributed by atoms with Crippen molar-refractivity contribution in [3.63, 3.8) is 0 Å². The zero-order valence-corrected chi connectivity index (χ0v) is 15.8. The lowest BCUT2D eigenvalue weighted by Gasteiger charge is -2.39. The monoisotopic (exact) mass is 377 g/mol. The fraction of sp³-hybridized carbons (Fsp3) is 0.154. The molecule has 6 rings (SSSR count). The van der Waals surface area contributed by atoms with Gasteiger partial charge in [0.25, 0.3) is 0 Å². The molecule has 3 atom stereocenters. The smallest absolute Gasteiger partial charge is 0.194 e.